The molecule has 2 aromatic heterocycles. The first kappa shape index (κ1) is 16.2. The fourth-order valence-electron chi connectivity index (χ4n) is 2.85. The molecule has 1 aliphatic rings. The summed E-state index contributed by atoms with van der Waals surface area (Å²) in [7, 11) is -3.36. The van der Waals surface area contributed by atoms with Crippen LogP contribution in [0.25, 0.3) is 0 Å². The summed E-state index contributed by atoms with van der Waals surface area (Å²) in [4.78, 5) is 6.42. The highest BCUT2D eigenvalue weighted by molar-refractivity contribution is 7.88. The Labute approximate surface area is 135 Å². The Morgan fingerprint density at radius 1 is 1.35 bits per heavy atom. The van der Waals surface area contributed by atoms with Crippen molar-refractivity contribution in [2.45, 2.75) is 25.9 Å². The van der Waals surface area contributed by atoms with Crippen LogP contribution in [0.15, 0.2) is 27.5 Å². The van der Waals surface area contributed by atoms with Crippen molar-refractivity contribution in [2.75, 3.05) is 25.9 Å². The van der Waals surface area contributed by atoms with Crippen molar-refractivity contribution in [1.82, 2.24) is 19.3 Å². The zero-order chi connectivity index (χ0) is 16.4. The topological polar surface area (TPSA) is 92.7 Å². The monoisotopic (exact) mass is 340 g/mol. The Hall–Kier alpha value is -1.71. The average molecular weight is 340 g/mol. The Balaban J connectivity index is 1.80. The van der Waals surface area contributed by atoms with Crippen LogP contribution in [0.4, 0.5) is 0 Å². The molecule has 126 valence electrons. The van der Waals surface area contributed by atoms with Crippen LogP contribution >= 0.6 is 0 Å². The fraction of sp³-hybridized carbons (Fsp3) is 0.571. The molecule has 1 fully saturated rings. The zero-order valence-corrected chi connectivity index (χ0v) is 14.0. The Bertz CT molecular complexity index is 741. The quantitative estimate of drug-likeness (QED) is 0.825. The van der Waals surface area contributed by atoms with Gasteiger partial charge in [0.1, 0.15) is 6.04 Å². The maximum absolute atomic E-state index is 12.2. The van der Waals surface area contributed by atoms with Gasteiger partial charge in [0.2, 0.25) is 15.9 Å². The van der Waals surface area contributed by atoms with Gasteiger partial charge >= 0.3 is 0 Å². The van der Waals surface area contributed by atoms with Crippen LogP contribution in [0.1, 0.15) is 29.7 Å². The lowest BCUT2D eigenvalue weighted by Gasteiger charge is -2.24. The number of aryl methyl sites for hydroxylation is 1. The number of aromatic nitrogens is 2. The predicted octanol–water partition coefficient (Wildman–Crippen LogP) is 1.18. The van der Waals surface area contributed by atoms with Gasteiger partial charge in [0, 0.05) is 31.7 Å². The Kier molecular flexibility index (Phi) is 4.51. The highest BCUT2D eigenvalue weighted by atomic mass is 32.2. The number of sulfonamides is 1. The van der Waals surface area contributed by atoms with E-state index < -0.39 is 16.1 Å². The largest absolute Gasteiger partial charge is 0.472 e. The lowest BCUT2D eigenvalue weighted by atomic mass is 10.2. The van der Waals surface area contributed by atoms with Crippen molar-refractivity contribution in [3.05, 3.63) is 35.9 Å². The van der Waals surface area contributed by atoms with Gasteiger partial charge in [-0.25, -0.2) is 8.42 Å². The molecule has 1 unspecified atom stereocenters. The van der Waals surface area contributed by atoms with Crippen LogP contribution in [-0.2, 0) is 16.6 Å². The van der Waals surface area contributed by atoms with Crippen molar-refractivity contribution in [1.29, 1.82) is 0 Å². The molecule has 9 heteroatoms. The molecule has 0 spiro atoms. The first-order valence-corrected chi connectivity index (χ1v) is 9.29. The average Bonchev–Trinajstić information content (AvgIpc) is 3.07. The predicted molar refractivity (Wildman–Crippen MR) is 81.9 cm³/mol. The molecule has 0 N–H and O–H groups in total. The van der Waals surface area contributed by atoms with Crippen LogP contribution in [0.3, 0.4) is 0 Å². The molecule has 2 aromatic rings. The molecule has 1 saturated heterocycles. The van der Waals surface area contributed by atoms with E-state index in [9.17, 15) is 8.42 Å². The standard InChI is InChI=1S/C14H20N4O4S/c1-11-15-14(22-16-11)13-3-5-17(9-12-4-8-21-10-12)6-7-18(13)23(2,19)20/h4,8,10,13H,3,5-7,9H2,1-2H3. The summed E-state index contributed by atoms with van der Waals surface area (Å²) >= 11 is 0. The third-order valence-corrected chi connectivity index (χ3v) is 5.23. The fourth-order valence-corrected chi connectivity index (χ4v) is 3.92. The normalized spacial score (nSPS) is 21.4. The van der Waals surface area contributed by atoms with Crippen LogP contribution in [0, 0.1) is 6.92 Å². The van der Waals surface area contributed by atoms with Gasteiger partial charge in [0.15, 0.2) is 5.82 Å². The molecule has 0 aromatic carbocycles. The molecule has 8 nitrogen and oxygen atoms in total. The summed E-state index contributed by atoms with van der Waals surface area (Å²) in [6, 6.07) is 1.50. The number of nitrogens with zero attached hydrogens (tertiary/aromatic N) is 4. The summed E-state index contributed by atoms with van der Waals surface area (Å²) in [5.41, 5.74) is 1.07. The van der Waals surface area contributed by atoms with Gasteiger partial charge in [-0.15, -0.1) is 0 Å². The lowest BCUT2D eigenvalue weighted by molar-refractivity contribution is 0.257. The number of furan rings is 1. The van der Waals surface area contributed by atoms with Gasteiger partial charge in [0.25, 0.3) is 0 Å². The molecule has 3 heterocycles. The molecule has 1 aliphatic heterocycles. The molecule has 23 heavy (non-hydrogen) atoms. The number of rotatable bonds is 4. The third kappa shape index (κ3) is 3.80. The second-order valence-electron chi connectivity index (χ2n) is 5.77. The number of hydrogen-bond donors (Lipinski definition) is 0. The summed E-state index contributed by atoms with van der Waals surface area (Å²) in [5.74, 6) is 0.867. The minimum absolute atomic E-state index is 0.359. The van der Waals surface area contributed by atoms with Gasteiger partial charge in [-0.2, -0.15) is 9.29 Å². The van der Waals surface area contributed by atoms with E-state index in [1.165, 1.54) is 10.6 Å². The van der Waals surface area contributed by atoms with Crippen molar-refractivity contribution >= 4 is 10.0 Å². The van der Waals surface area contributed by atoms with Gasteiger partial charge < -0.3 is 8.94 Å². The van der Waals surface area contributed by atoms with Crippen LogP contribution in [0.2, 0.25) is 0 Å². The molecule has 0 bridgehead atoms. The molecule has 0 saturated carbocycles. The first-order chi connectivity index (χ1) is 10.9. The van der Waals surface area contributed by atoms with E-state index in [4.69, 9.17) is 8.94 Å². The second kappa shape index (κ2) is 6.42. The van der Waals surface area contributed by atoms with E-state index in [0.717, 1.165) is 18.7 Å². The van der Waals surface area contributed by atoms with E-state index >= 15 is 0 Å². The van der Waals surface area contributed by atoms with E-state index in [0.29, 0.717) is 31.2 Å². The molecular formula is C14H20N4O4S. The smallest absolute Gasteiger partial charge is 0.245 e. The van der Waals surface area contributed by atoms with E-state index in [-0.39, 0.29) is 0 Å². The van der Waals surface area contributed by atoms with Crippen molar-refractivity contribution in [3.8, 4) is 0 Å². The number of hydrogen-bond acceptors (Lipinski definition) is 7. The van der Waals surface area contributed by atoms with Crippen molar-refractivity contribution < 1.29 is 17.4 Å². The second-order valence-corrected chi connectivity index (χ2v) is 7.70. The van der Waals surface area contributed by atoms with E-state index in [2.05, 4.69) is 15.0 Å². The van der Waals surface area contributed by atoms with Gasteiger partial charge in [0.05, 0.1) is 18.8 Å². The first-order valence-electron chi connectivity index (χ1n) is 7.44. The highest BCUT2D eigenvalue weighted by Crippen LogP contribution is 2.28. The van der Waals surface area contributed by atoms with Crippen molar-refractivity contribution in [2.24, 2.45) is 0 Å². The highest BCUT2D eigenvalue weighted by Gasteiger charge is 2.34. The summed E-state index contributed by atoms with van der Waals surface area (Å²) < 4.78 is 36.1. The van der Waals surface area contributed by atoms with Gasteiger partial charge in [-0.05, 0) is 19.4 Å². The third-order valence-electron chi connectivity index (χ3n) is 3.94. The van der Waals surface area contributed by atoms with Crippen molar-refractivity contribution in [3.63, 3.8) is 0 Å². The van der Waals surface area contributed by atoms with E-state index in [1.807, 2.05) is 6.07 Å². The van der Waals surface area contributed by atoms with Gasteiger partial charge in [-0.1, -0.05) is 5.16 Å². The minimum atomic E-state index is -3.36. The SMILES string of the molecule is Cc1noc(C2CCN(Cc3ccoc3)CCN2S(C)(=O)=O)n1. The molecule has 0 amide bonds. The Morgan fingerprint density at radius 3 is 2.78 bits per heavy atom. The lowest BCUT2D eigenvalue weighted by Crippen LogP contribution is -2.36. The van der Waals surface area contributed by atoms with Crippen LogP contribution in [0.5, 0.6) is 0 Å². The maximum atomic E-state index is 12.2. The summed E-state index contributed by atoms with van der Waals surface area (Å²) in [6.45, 7) is 4.22. The molecule has 0 radical (unpaired) electrons. The molecule has 0 aliphatic carbocycles. The molecular weight excluding hydrogens is 320 g/mol. The molecule has 1 atom stereocenters. The minimum Gasteiger partial charge on any atom is -0.472 e. The Morgan fingerprint density at radius 2 is 2.17 bits per heavy atom. The van der Waals surface area contributed by atoms with Crippen LogP contribution < -0.4 is 0 Å². The van der Waals surface area contributed by atoms with E-state index in [1.54, 1.807) is 19.5 Å². The zero-order valence-electron chi connectivity index (χ0n) is 13.2. The molecule has 3 rings (SSSR count). The summed E-state index contributed by atoms with van der Waals surface area (Å²) in [5, 5.41) is 3.79. The van der Waals surface area contributed by atoms with Gasteiger partial charge in [-0.3, -0.25) is 4.90 Å². The summed E-state index contributed by atoms with van der Waals surface area (Å²) in [6.07, 6.45) is 5.17. The maximum Gasteiger partial charge on any atom is 0.245 e. The van der Waals surface area contributed by atoms with Crippen LogP contribution in [-0.4, -0.2) is 53.7 Å².